The first-order valence-corrected chi connectivity index (χ1v) is 9.72. The van der Waals surface area contributed by atoms with Gasteiger partial charge < -0.3 is 9.47 Å². The van der Waals surface area contributed by atoms with E-state index in [-0.39, 0.29) is 11.9 Å². The van der Waals surface area contributed by atoms with Gasteiger partial charge in [-0.1, -0.05) is 23.7 Å². The zero-order valence-electron chi connectivity index (χ0n) is 15.7. The lowest BCUT2D eigenvalue weighted by Crippen LogP contribution is -2.33. The van der Waals surface area contributed by atoms with E-state index in [4.69, 9.17) is 26.2 Å². The summed E-state index contributed by atoms with van der Waals surface area (Å²) < 4.78 is 25.0. The van der Waals surface area contributed by atoms with E-state index in [0.717, 1.165) is 40.3 Å². The van der Waals surface area contributed by atoms with Gasteiger partial charge in [0.25, 0.3) is 0 Å². The van der Waals surface area contributed by atoms with Gasteiger partial charge in [-0.2, -0.15) is 5.10 Å². The van der Waals surface area contributed by atoms with Crippen molar-refractivity contribution < 1.29 is 13.9 Å². The molecule has 4 nitrogen and oxygen atoms in total. The predicted octanol–water partition coefficient (Wildman–Crippen LogP) is 5.73. The highest BCUT2D eigenvalue weighted by atomic mass is 35.5. The van der Waals surface area contributed by atoms with E-state index in [1.807, 2.05) is 47.5 Å². The molecule has 0 spiro atoms. The second-order valence-electron chi connectivity index (χ2n) is 7.08. The summed E-state index contributed by atoms with van der Waals surface area (Å²) in [4.78, 5) is 0. The maximum absolute atomic E-state index is 13.4. The third-order valence-corrected chi connectivity index (χ3v) is 5.57. The summed E-state index contributed by atoms with van der Waals surface area (Å²) in [5.41, 5.74) is 3.84. The van der Waals surface area contributed by atoms with E-state index in [1.165, 1.54) is 12.1 Å². The average Bonchev–Trinajstić information content (AvgIpc) is 3.20. The summed E-state index contributed by atoms with van der Waals surface area (Å²) in [6.07, 6.45) is 0.283. The molecule has 0 N–H and O–H groups in total. The lowest BCUT2D eigenvalue weighted by Gasteiger charge is -2.38. The van der Waals surface area contributed by atoms with Gasteiger partial charge >= 0.3 is 0 Å². The van der Waals surface area contributed by atoms with Crippen LogP contribution in [0.25, 0.3) is 0 Å². The Bertz CT molecular complexity index is 1080. The van der Waals surface area contributed by atoms with Crippen LogP contribution in [0.15, 0.2) is 71.8 Å². The molecule has 5 rings (SSSR count). The van der Waals surface area contributed by atoms with Gasteiger partial charge in [-0.15, -0.1) is 0 Å². The fourth-order valence-electron chi connectivity index (χ4n) is 3.86. The number of hydrogen-bond acceptors (Lipinski definition) is 4. The minimum Gasteiger partial charge on any atom is -0.497 e. The smallest absolute Gasteiger partial charge is 0.213 e. The number of hydrazone groups is 1. The molecule has 0 aromatic heterocycles. The van der Waals surface area contributed by atoms with Crippen LogP contribution in [0.1, 0.15) is 35.4 Å². The average molecular weight is 409 g/mol. The van der Waals surface area contributed by atoms with Crippen LogP contribution in [0, 0.1) is 5.82 Å². The number of nitrogens with zero attached hydrogens (tertiary/aromatic N) is 2. The Labute approximate surface area is 173 Å². The minimum atomic E-state index is -0.440. The SMILES string of the molecule is COc1ccc(C2=NN3[C@@H](c4ccc(F)cc4)Oc4ccc(Cl)cc4[C@@H]3C2)cc1. The first kappa shape index (κ1) is 18.0. The molecule has 0 bridgehead atoms. The molecule has 0 unspecified atom stereocenters. The van der Waals surface area contributed by atoms with Gasteiger partial charge in [0.2, 0.25) is 6.23 Å². The predicted molar refractivity (Wildman–Crippen MR) is 110 cm³/mol. The molecule has 0 amide bonds. The Hall–Kier alpha value is -3.05. The lowest BCUT2D eigenvalue weighted by atomic mass is 9.96. The molecule has 0 saturated heterocycles. The standard InChI is InChI=1S/C23H18ClFN2O2/c1-28-18-9-4-14(5-10-18)20-13-21-19-12-16(24)6-11-22(19)29-23(27(21)26-20)15-2-7-17(25)8-3-15/h2-12,21,23H,13H2,1H3/t21-,23+/m0/s1. The second kappa shape index (κ2) is 7.08. The van der Waals surface area contributed by atoms with Gasteiger partial charge in [0.05, 0.1) is 18.9 Å². The maximum Gasteiger partial charge on any atom is 0.213 e. The molecule has 29 heavy (non-hydrogen) atoms. The molecule has 0 radical (unpaired) electrons. The van der Waals surface area contributed by atoms with Gasteiger partial charge in [0.1, 0.15) is 17.3 Å². The summed E-state index contributed by atoms with van der Waals surface area (Å²) in [6.45, 7) is 0. The highest BCUT2D eigenvalue weighted by molar-refractivity contribution is 6.30. The van der Waals surface area contributed by atoms with E-state index in [1.54, 1.807) is 19.2 Å². The number of fused-ring (bicyclic) bond motifs is 3. The Morgan fingerprint density at radius 3 is 2.55 bits per heavy atom. The molecule has 0 saturated carbocycles. The molecule has 6 heteroatoms. The summed E-state index contributed by atoms with van der Waals surface area (Å²) in [5, 5.41) is 7.50. The summed E-state index contributed by atoms with van der Waals surface area (Å²) >= 11 is 6.26. The summed E-state index contributed by atoms with van der Waals surface area (Å²) in [6, 6.07) is 19.8. The van der Waals surface area contributed by atoms with Crippen molar-refractivity contribution in [1.29, 1.82) is 0 Å². The minimum absolute atomic E-state index is 0.00963. The van der Waals surface area contributed by atoms with Crippen molar-refractivity contribution in [1.82, 2.24) is 5.01 Å². The second-order valence-corrected chi connectivity index (χ2v) is 7.52. The molecule has 3 aromatic carbocycles. The molecule has 2 heterocycles. The van der Waals surface area contributed by atoms with Crippen molar-refractivity contribution >= 4 is 17.3 Å². The molecule has 2 aliphatic heterocycles. The molecule has 2 aliphatic rings. The molecular weight excluding hydrogens is 391 g/mol. The Morgan fingerprint density at radius 2 is 1.83 bits per heavy atom. The van der Waals surface area contributed by atoms with E-state index in [9.17, 15) is 4.39 Å². The highest BCUT2D eigenvalue weighted by Gasteiger charge is 2.41. The van der Waals surface area contributed by atoms with Gasteiger partial charge in [0, 0.05) is 22.6 Å². The normalized spacial score (nSPS) is 19.8. The lowest BCUT2D eigenvalue weighted by molar-refractivity contribution is -0.0190. The molecule has 3 aromatic rings. The summed E-state index contributed by atoms with van der Waals surface area (Å²) in [7, 11) is 1.65. The van der Waals surface area contributed by atoms with Crippen molar-refractivity contribution in [2.75, 3.05) is 7.11 Å². The van der Waals surface area contributed by atoms with Gasteiger partial charge in [-0.05, 0) is 60.2 Å². The number of benzene rings is 3. The monoisotopic (exact) mass is 408 g/mol. The Kier molecular flexibility index (Phi) is 4.40. The van der Waals surface area contributed by atoms with Gasteiger partial charge in [-0.3, -0.25) is 0 Å². The summed E-state index contributed by atoms with van der Waals surface area (Å²) in [5.74, 6) is 1.29. The van der Waals surface area contributed by atoms with Gasteiger partial charge in [0.15, 0.2) is 0 Å². The number of halogens is 2. The first-order valence-electron chi connectivity index (χ1n) is 9.34. The number of hydrogen-bond donors (Lipinski definition) is 0. The van der Waals surface area contributed by atoms with Crippen LogP contribution >= 0.6 is 11.6 Å². The fourth-order valence-corrected chi connectivity index (χ4v) is 4.04. The van der Waals surface area contributed by atoms with Gasteiger partial charge in [-0.25, -0.2) is 9.40 Å². The van der Waals surface area contributed by atoms with Crippen molar-refractivity contribution in [2.45, 2.75) is 18.7 Å². The number of methoxy groups -OCH3 is 1. The molecule has 0 aliphatic carbocycles. The Balaban J connectivity index is 1.57. The van der Waals surface area contributed by atoms with E-state index in [2.05, 4.69) is 0 Å². The number of ether oxygens (including phenoxy) is 2. The van der Waals surface area contributed by atoms with Crippen molar-refractivity contribution in [3.8, 4) is 11.5 Å². The number of rotatable bonds is 3. The maximum atomic E-state index is 13.4. The molecule has 2 atom stereocenters. The highest BCUT2D eigenvalue weighted by Crippen LogP contribution is 2.48. The Morgan fingerprint density at radius 1 is 1.07 bits per heavy atom. The van der Waals surface area contributed by atoms with Crippen LogP contribution in [0.4, 0.5) is 4.39 Å². The quantitative estimate of drug-likeness (QED) is 0.555. The van der Waals surface area contributed by atoms with E-state index < -0.39 is 6.23 Å². The molecular formula is C23H18ClFN2O2. The van der Waals surface area contributed by atoms with Crippen molar-refractivity contribution in [2.24, 2.45) is 5.10 Å². The zero-order chi connectivity index (χ0) is 20.0. The third kappa shape index (κ3) is 3.21. The van der Waals surface area contributed by atoms with E-state index >= 15 is 0 Å². The van der Waals surface area contributed by atoms with Crippen LogP contribution in [0.3, 0.4) is 0 Å². The topological polar surface area (TPSA) is 34.1 Å². The third-order valence-electron chi connectivity index (χ3n) is 5.33. The largest absolute Gasteiger partial charge is 0.497 e. The fraction of sp³-hybridized carbons (Fsp3) is 0.174. The van der Waals surface area contributed by atoms with Crippen LogP contribution in [-0.2, 0) is 0 Å². The van der Waals surface area contributed by atoms with Crippen LogP contribution in [0.2, 0.25) is 5.02 Å². The van der Waals surface area contributed by atoms with Crippen molar-refractivity contribution in [3.05, 3.63) is 94.3 Å². The van der Waals surface area contributed by atoms with Crippen LogP contribution in [-0.4, -0.2) is 17.8 Å². The molecule has 0 fully saturated rings. The van der Waals surface area contributed by atoms with Crippen LogP contribution < -0.4 is 9.47 Å². The first-order chi connectivity index (χ1) is 14.1. The van der Waals surface area contributed by atoms with Crippen LogP contribution in [0.5, 0.6) is 11.5 Å². The molecule has 146 valence electrons. The van der Waals surface area contributed by atoms with E-state index in [0.29, 0.717) is 5.02 Å². The van der Waals surface area contributed by atoms with Crippen molar-refractivity contribution in [3.63, 3.8) is 0 Å². The zero-order valence-corrected chi connectivity index (χ0v) is 16.4.